The first kappa shape index (κ1) is 42.6. The molecule has 0 fully saturated rings. The van der Waals surface area contributed by atoms with Crippen molar-refractivity contribution < 1.29 is 48.0 Å². The number of benzene rings is 3. The summed E-state index contributed by atoms with van der Waals surface area (Å²) in [6.45, 7) is 0.764. The van der Waals surface area contributed by atoms with Crippen LogP contribution in [-0.4, -0.2) is 94.6 Å². The maximum atomic E-state index is 13.8. The fourth-order valence-corrected chi connectivity index (χ4v) is 6.32. The van der Waals surface area contributed by atoms with Gasteiger partial charge in [-0.15, -0.1) is 5.10 Å². The van der Waals surface area contributed by atoms with Gasteiger partial charge < -0.3 is 40.5 Å². The number of nitrogens with one attached hydrogen (secondary N) is 3. The molecule has 0 radical (unpaired) electrons. The molecule has 1 aliphatic heterocycles. The van der Waals surface area contributed by atoms with E-state index in [0.29, 0.717) is 61.6 Å². The average Bonchev–Trinajstić information content (AvgIpc) is 3.63. The van der Waals surface area contributed by atoms with Crippen molar-refractivity contribution in [2.75, 3.05) is 49.7 Å². The van der Waals surface area contributed by atoms with Crippen molar-refractivity contribution in [3.63, 3.8) is 0 Å². The van der Waals surface area contributed by atoms with Crippen molar-refractivity contribution >= 4 is 43.9 Å². The summed E-state index contributed by atoms with van der Waals surface area (Å²) in [6.07, 6.45) is 0.269. The lowest BCUT2D eigenvalue weighted by molar-refractivity contribution is -0.124. The molecular weight excluding hydrogens is 757 g/mol. The lowest BCUT2D eigenvalue weighted by atomic mass is 9.95. The highest BCUT2D eigenvalue weighted by Gasteiger charge is 2.29. The van der Waals surface area contributed by atoms with Crippen LogP contribution in [-0.2, 0) is 52.6 Å². The van der Waals surface area contributed by atoms with E-state index in [1.165, 1.54) is 0 Å². The molecule has 3 aromatic carbocycles. The zero-order valence-corrected chi connectivity index (χ0v) is 32.2. The molecule has 0 aliphatic carbocycles. The highest BCUT2D eigenvalue weighted by molar-refractivity contribution is 7.17. The molecule has 0 saturated heterocycles. The molecule has 4 aromatic rings. The summed E-state index contributed by atoms with van der Waals surface area (Å²) in [4.78, 5) is 52.5. The Labute approximate surface area is 331 Å². The lowest BCUT2D eigenvalue weighted by Crippen LogP contribution is -2.33. The third-order valence-electron chi connectivity index (χ3n) is 8.86. The molecule has 1 unspecified atom stereocenters. The first-order chi connectivity index (χ1) is 27.8. The summed E-state index contributed by atoms with van der Waals surface area (Å²) in [5, 5.41) is 35.9. The number of alkyl carbamates (subject to hydrolysis) is 1. The molecule has 4 amide bonds. The number of carbonyl (C=O) groups excluding carboxylic acids is 4. The molecule has 0 spiro atoms. The Hall–Kier alpha value is -5.58. The minimum atomic E-state index is -0.889. The predicted octanol–water partition coefficient (Wildman–Crippen LogP) is 3.98. The van der Waals surface area contributed by atoms with Gasteiger partial charge in [0.1, 0.15) is 18.4 Å². The number of aromatic nitrogens is 3. The van der Waals surface area contributed by atoms with Gasteiger partial charge >= 0.3 is 14.8 Å². The Morgan fingerprint density at radius 2 is 1.63 bits per heavy atom. The number of ether oxygens (including phenoxy) is 2. The summed E-state index contributed by atoms with van der Waals surface area (Å²) in [6, 6.07) is 22.0. The van der Waals surface area contributed by atoms with Crippen molar-refractivity contribution in [1.82, 2.24) is 25.6 Å². The number of para-hydroxylation sites is 1. The zero-order valence-electron chi connectivity index (χ0n) is 31.3. The summed E-state index contributed by atoms with van der Waals surface area (Å²) in [5.74, 6) is -0.815. The zero-order chi connectivity index (χ0) is 40.4. The van der Waals surface area contributed by atoms with Gasteiger partial charge in [0.05, 0.1) is 50.8 Å². The normalized spacial score (nSPS) is 12.4. The van der Waals surface area contributed by atoms with Crippen molar-refractivity contribution in [1.29, 1.82) is 0 Å². The number of carbonyl (C=O) groups is 4. The van der Waals surface area contributed by atoms with E-state index >= 15 is 0 Å². The smallest absolute Gasteiger partial charge is 0.407 e. The second kappa shape index (κ2) is 22.2. The number of nitrogens with zero attached hydrogens (tertiary/aromatic N) is 4. The Morgan fingerprint density at radius 1 is 0.877 bits per heavy atom. The highest BCUT2D eigenvalue weighted by atomic mass is 31.1. The number of rotatable bonds is 21. The molecule has 1 aromatic heterocycles. The number of aliphatic hydroxyl groups excluding tert-OH is 2. The van der Waals surface area contributed by atoms with Crippen LogP contribution < -0.4 is 20.9 Å². The average molecular weight is 804 g/mol. The monoisotopic (exact) mass is 803 g/mol. The van der Waals surface area contributed by atoms with Gasteiger partial charge in [0.15, 0.2) is 0 Å². The largest absolute Gasteiger partial charge is 0.445 e. The fraction of sp³-hybridized carbons (Fsp3) is 0.385. The Kier molecular flexibility index (Phi) is 16.6. The number of hydrogen-bond donors (Lipinski definition) is 5. The molecule has 18 heteroatoms. The fourth-order valence-electron chi connectivity index (χ4n) is 6.09. The maximum Gasteiger partial charge on any atom is 0.407 e. The van der Waals surface area contributed by atoms with Gasteiger partial charge in [0, 0.05) is 42.8 Å². The molecule has 0 bridgehead atoms. The SMILES string of the molecule is O=POCC(O)COCCCNC(=O)OCc1ccc(NC(=O)CNC(=O)CCCCC(=O)N2Cc3ccccc3-c3nnn(CCO)c3-c3ccccc32)cc1. The third kappa shape index (κ3) is 12.7. The molecule has 17 nitrogen and oxygen atoms in total. The molecular formula is C39H46N7O10P. The van der Waals surface area contributed by atoms with Crippen molar-refractivity contribution in [2.45, 2.75) is 57.9 Å². The Morgan fingerprint density at radius 3 is 2.42 bits per heavy atom. The second-order valence-corrected chi connectivity index (χ2v) is 13.5. The Balaban J connectivity index is 0.998. The molecule has 1 aliphatic rings. The van der Waals surface area contributed by atoms with Gasteiger partial charge in [-0.3, -0.25) is 18.9 Å². The van der Waals surface area contributed by atoms with Crippen LogP contribution in [0.15, 0.2) is 72.8 Å². The van der Waals surface area contributed by atoms with Gasteiger partial charge in [-0.1, -0.05) is 59.8 Å². The quantitative estimate of drug-likeness (QED) is 0.0596. The van der Waals surface area contributed by atoms with Crippen LogP contribution in [0.5, 0.6) is 0 Å². The van der Waals surface area contributed by atoms with Crippen LogP contribution in [0, 0.1) is 0 Å². The summed E-state index contributed by atoms with van der Waals surface area (Å²) in [7, 11) is -0.508. The number of amides is 4. The van der Waals surface area contributed by atoms with E-state index in [2.05, 4.69) is 30.8 Å². The number of hydrogen-bond acceptors (Lipinski definition) is 12. The number of fused-ring (bicyclic) bond motifs is 5. The first-order valence-corrected chi connectivity index (χ1v) is 19.3. The first-order valence-electron chi connectivity index (χ1n) is 18.6. The molecule has 2 heterocycles. The minimum absolute atomic E-state index is 0.0131. The van der Waals surface area contributed by atoms with Gasteiger partial charge in [-0.2, -0.15) is 0 Å². The second-order valence-electron chi connectivity index (χ2n) is 13.1. The third-order valence-corrected chi connectivity index (χ3v) is 9.12. The van der Waals surface area contributed by atoms with Crippen LogP contribution in [0.1, 0.15) is 43.2 Å². The van der Waals surface area contributed by atoms with Gasteiger partial charge in [0.2, 0.25) is 17.7 Å². The van der Waals surface area contributed by atoms with E-state index in [1.54, 1.807) is 33.8 Å². The van der Waals surface area contributed by atoms with Gasteiger partial charge in [-0.05, 0) is 48.6 Å². The van der Waals surface area contributed by atoms with Gasteiger partial charge in [-0.25, -0.2) is 14.0 Å². The number of unbranched alkanes of at least 4 members (excludes halogenated alkanes) is 1. The molecule has 5 rings (SSSR count). The van der Waals surface area contributed by atoms with Crippen LogP contribution in [0.3, 0.4) is 0 Å². The molecule has 5 N–H and O–H groups in total. The van der Waals surface area contributed by atoms with E-state index in [1.807, 2.05) is 48.5 Å². The van der Waals surface area contributed by atoms with E-state index in [4.69, 9.17) is 9.47 Å². The van der Waals surface area contributed by atoms with Crippen LogP contribution in [0.2, 0.25) is 0 Å². The van der Waals surface area contributed by atoms with E-state index in [9.17, 15) is 34.0 Å². The predicted molar refractivity (Wildman–Crippen MR) is 209 cm³/mol. The Bertz CT molecular complexity index is 1980. The highest BCUT2D eigenvalue weighted by Crippen LogP contribution is 2.41. The molecule has 302 valence electrons. The topological polar surface area (TPSA) is 224 Å². The van der Waals surface area contributed by atoms with Crippen molar-refractivity contribution in [3.05, 3.63) is 83.9 Å². The standard InChI is InChI=1S/C39H46N7O10P/c47-20-19-46-38-32-10-3-4-11-33(32)45(23-28-8-1-2-9-31(28)37(38)43-44-46)36(51)13-6-5-12-34(49)41-22-35(50)42-29-16-14-27(15-17-29)24-55-39(52)40-18-7-21-54-25-30(48)26-56-57-53/h1-4,8-11,14-17,30,47-48H,5-7,12-13,18-26H2,(H,40,52)(H,41,49)(H,42,50). The maximum absolute atomic E-state index is 13.8. The van der Waals surface area contributed by atoms with Crippen molar-refractivity contribution in [3.8, 4) is 22.5 Å². The molecule has 57 heavy (non-hydrogen) atoms. The van der Waals surface area contributed by atoms with Gasteiger partial charge in [0.25, 0.3) is 0 Å². The van der Waals surface area contributed by atoms with E-state index in [0.717, 1.165) is 22.4 Å². The summed E-state index contributed by atoms with van der Waals surface area (Å²) < 4.78 is 26.8. The van der Waals surface area contributed by atoms with Crippen molar-refractivity contribution in [2.24, 2.45) is 0 Å². The van der Waals surface area contributed by atoms with E-state index in [-0.39, 0.29) is 64.2 Å². The van der Waals surface area contributed by atoms with Crippen LogP contribution in [0.4, 0.5) is 16.2 Å². The minimum Gasteiger partial charge on any atom is -0.445 e. The molecule has 0 saturated carbocycles. The molecule has 1 atom stereocenters. The van der Waals surface area contributed by atoms with Crippen LogP contribution in [0.25, 0.3) is 22.5 Å². The lowest BCUT2D eigenvalue weighted by Gasteiger charge is -2.28. The van der Waals surface area contributed by atoms with E-state index < -0.39 is 26.8 Å². The van der Waals surface area contributed by atoms with Crippen LogP contribution >= 0.6 is 8.69 Å². The number of aliphatic hydroxyl groups is 2. The summed E-state index contributed by atoms with van der Waals surface area (Å²) >= 11 is 0. The number of anilines is 2. The summed E-state index contributed by atoms with van der Waals surface area (Å²) in [5.41, 5.74) is 5.90.